The predicted molar refractivity (Wildman–Crippen MR) is 117 cm³/mol. The molecule has 1 aliphatic heterocycles. The molecule has 1 aromatic rings. The number of pyridine rings is 1. The summed E-state index contributed by atoms with van der Waals surface area (Å²) in [5.41, 5.74) is 2.11. The van der Waals surface area contributed by atoms with Crippen molar-refractivity contribution in [2.45, 2.75) is 51.5 Å². The van der Waals surface area contributed by atoms with Crippen LogP contribution in [0, 0.1) is 28.6 Å². The van der Waals surface area contributed by atoms with E-state index in [2.05, 4.69) is 15.2 Å². The number of piperazine rings is 1. The average molecular weight is 423 g/mol. The first-order valence-electron chi connectivity index (χ1n) is 12.2. The normalized spacial score (nSPS) is 38.1. The molecule has 3 bridgehead atoms. The van der Waals surface area contributed by atoms with E-state index >= 15 is 0 Å². The Bertz CT molecular complexity index is 864. The minimum atomic E-state index is 0.0586. The number of nitrogens with one attached hydrogen (secondary N) is 1. The molecule has 1 N–H and O–H groups in total. The van der Waals surface area contributed by atoms with Crippen LogP contribution in [0.25, 0.3) is 0 Å². The quantitative estimate of drug-likeness (QED) is 0.765. The Labute approximate surface area is 184 Å². The van der Waals surface area contributed by atoms with Crippen LogP contribution in [0.5, 0.6) is 0 Å². The van der Waals surface area contributed by atoms with Crippen molar-refractivity contribution in [1.29, 1.82) is 0 Å². The minimum Gasteiger partial charge on any atom is -0.347 e. The molecular weight excluding hydrogens is 388 g/mol. The SMILES string of the molecule is O=C(CC12CC3CC4CC(C1)C4(C3)C2)NCC(=O)N1CCN(Cc2ccncc2)CC1. The topological polar surface area (TPSA) is 65.5 Å². The maximum Gasteiger partial charge on any atom is 0.242 e. The number of amides is 2. The monoisotopic (exact) mass is 422 g/mol. The molecule has 0 aromatic carbocycles. The number of rotatable bonds is 6. The molecule has 5 aliphatic rings. The van der Waals surface area contributed by atoms with Crippen molar-refractivity contribution in [3.63, 3.8) is 0 Å². The van der Waals surface area contributed by atoms with Gasteiger partial charge in [0, 0.05) is 51.5 Å². The molecule has 2 heterocycles. The number of fused-ring (bicyclic) bond motifs is 2. The minimum absolute atomic E-state index is 0.0586. The van der Waals surface area contributed by atoms with Crippen LogP contribution in [0.4, 0.5) is 0 Å². The number of nitrogens with zero attached hydrogens (tertiary/aromatic N) is 3. The molecule has 1 aromatic heterocycles. The van der Waals surface area contributed by atoms with E-state index in [1.807, 2.05) is 29.4 Å². The van der Waals surface area contributed by atoms with Crippen LogP contribution in [-0.2, 0) is 16.1 Å². The maximum absolute atomic E-state index is 12.8. The zero-order chi connectivity index (χ0) is 21.1. The molecule has 2 amide bonds. The third-order valence-electron chi connectivity index (χ3n) is 9.44. The first-order chi connectivity index (χ1) is 15.0. The molecule has 4 aliphatic carbocycles. The van der Waals surface area contributed by atoms with Gasteiger partial charge in [0.1, 0.15) is 0 Å². The summed E-state index contributed by atoms with van der Waals surface area (Å²) in [7, 11) is 0. The molecule has 5 fully saturated rings. The zero-order valence-corrected chi connectivity index (χ0v) is 18.4. The lowest BCUT2D eigenvalue weighted by Gasteiger charge is -2.49. The van der Waals surface area contributed by atoms with Gasteiger partial charge < -0.3 is 10.2 Å². The van der Waals surface area contributed by atoms with E-state index in [1.165, 1.54) is 44.1 Å². The summed E-state index contributed by atoms with van der Waals surface area (Å²) in [6, 6.07) is 4.08. The fourth-order valence-corrected chi connectivity index (χ4v) is 8.33. The highest BCUT2D eigenvalue weighted by Crippen LogP contribution is 2.79. The van der Waals surface area contributed by atoms with Gasteiger partial charge in [0.15, 0.2) is 0 Å². The van der Waals surface area contributed by atoms with E-state index in [-0.39, 0.29) is 23.8 Å². The second kappa shape index (κ2) is 7.29. The summed E-state index contributed by atoms with van der Waals surface area (Å²) < 4.78 is 0. The molecule has 4 saturated carbocycles. The number of hydrogen-bond donors (Lipinski definition) is 1. The average Bonchev–Trinajstić information content (AvgIpc) is 3.08. The van der Waals surface area contributed by atoms with Crippen molar-refractivity contribution in [2.75, 3.05) is 32.7 Å². The largest absolute Gasteiger partial charge is 0.347 e. The van der Waals surface area contributed by atoms with E-state index in [1.54, 1.807) is 0 Å². The van der Waals surface area contributed by atoms with Gasteiger partial charge >= 0.3 is 0 Å². The molecule has 1 spiro atoms. The molecule has 0 radical (unpaired) electrons. The van der Waals surface area contributed by atoms with Crippen molar-refractivity contribution < 1.29 is 9.59 Å². The lowest BCUT2D eigenvalue weighted by Crippen LogP contribution is -2.51. The van der Waals surface area contributed by atoms with Gasteiger partial charge in [0.05, 0.1) is 6.54 Å². The van der Waals surface area contributed by atoms with Gasteiger partial charge in [-0.3, -0.25) is 19.5 Å². The van der Waals surface area contributed by atoms with Crippen LogP contribution in [0.1, 0.15) is 50.5 Å². The van der Waals surface area contributed by atoms with Gasteiger partial charge in [0.2, 0.25) is 11.8 Å². The van der Waals surface area contributed by atoms with Crippen LogP contribution < -0.4 is 5.32 Å². The van der Waals surface area contributed by atoms with Crippen LogP contribution in [0.2, 0.25) is 0 Å². The van der Waals surface area contributed by atoms with Gasteiger partial charge in [-0.25, -0.2) is 0 Å². The summed E-state index contributed by atoms with van der Waals surface area (Å²) in [4.78, 5) is 33.8. The summed E-state index contributed by atoms with van der Waals surface area (Å²) in [5, 5.41) is 2.98. The molecule has 5 atom stereocenters. The van der Waals surface area contributed by atoms with E-state index in [4.69, 9.17) is 0 Å². The second-order valence-corrected chi connectivity index (χ2v) is 11.2. The van der Waals surface area contributed by atoms with E-state index in [0.29, 0.717) is 11.8 Å². The summed E-state index contributed by atoms with van der Waals surface area (Å²) >= 11 is 0. The first kappa shape index (κ1) is 19.7. The lowest BCUT2D eigenvalue weighted by molar-refractivity contribution is -0.135. The number of hydrogen-bond acceptors (Lipinski definition) is 4. The standard InChI is InChI=1S/C25H34N4O2/c30-22(14-24-11-19-9-20-10-21(13-24)25(20,12-19)17-24)27-15-23(31)29-7-5-28(6-8-29)16-18-1-3-26-4-2-18/h1-4,19-21H,5-17H2,(H,27,30). The molecule has 5 unspecified atom stereocenters. The van der Waals surface area contributed by atoms with Gasteiger partial charge in [-0.2, -0.15) is 0 Å². The Hall–Kier alpha value is -1.95. The van der Waals surface area contributed by atoms with Gasteiger partial charge in [-0.1, -0.05) is 0 Å². The predicted octanol–water partition coefficient (Wildman–Crippen LogP) is 2.45. The van der Waals surface area contributed by atoms with Gasteiger partial charge in [-0.15, -0.1) is 0 Å². The Morgan fingerprint density at radius 1 is 1.03 bits per heavy atom. The summed E-state index contributed by atoms with van der Waals surface area (Å²) in [6.07, 6.45) is 12.4. The molecule has 6 rings (SSSR count). The van der Waals surface area contributed by atoms with Crippen LogP contribution in [-0.4, -0.2) is 59.3 Å². The molecule has 6 nitrogen and oxygen atoms in total. The number of carbonyl (C=O) groups excluding carboxylic acids is 2. The van der Waals surface area contributed by atoms with Crippen LogP contribution >= 0.6 is 0 Å². The van der Waals surface area contributed by atoms with Gasteiger partial charge in [-0.05, 0) is 84.8 Å². The molecule has 6 heteroatoms. The fraction of sp³-hybridized carbons (Fsp3) is 0.720. The Morgan fingerprint density at radius 2 is 1.84 bits per heavy atom. The van der Waals surface area contributed by atoms with Gasteiger partial charge in [0.25, 0.3) is 0 Å². The fourth-order valence-electron chi connectivity index (χ4n) is 8.33. The lowest BCUT2D eigenvalue weighted by atomic mass is 9.55. The summed E-state index contributed by atoms with van der Waals surface area (Å²) in [5.74, 6) is 2.88. The third kappa shape index (κ3) is 3.38. The smallest absolute Gasteiger partial charge is 0.242 e. The highest BCUT2D eigenvalue weighted by atomic mass is 16.2. The Kier molecular flexibility index (Phi) is 4.64. The van der Waals surface area contributed by atoms with Crippen molar-refractivity contribution in [1.82, 2.24) is 20.1 Å². The Morgan fingerprint density at radius 3 is 2.65 bits per heavy atom. The number of carbonyl (C=O) groups is 2. The van der Waals surface area contributed by atoms with E-state index < -0.39 is 0 Å². The van der Waals surface area contributed by atoms with E-state index in [0.717, 1.165) is 50.5 Å². The van der Waals surface area contributed by atoms with Crippen molar-refractivity contribution >= 4 is 11.8 Å². The highest BCUT2D eigenvalue weighted by Gasteiger charge is 2.70. The van der Waals surface area contributed by atoms with E-state index in [9.17, 15) is 9.59 Å². The molecule has 1 saturated heterocycles. The van der Waals surface area contributed by atoms with Crippen LogP contribution in [0.3, 0.4) is 0 Å². The number of aromatic nitrogens is 1. The third-order valence-corrected chi connectivity index (χ3v) is 9.44. The Balaban J connectivity index is 0.961. The van der Waals surface area contributed by atoms with Crippen molar-refractivity contribution in [2.24, 2.45) is 28.6 Å². The van der Waals surface area contributed by atoms with Crippen LogP contribution in [0.15, 0.2) is 24.5 Å². The maximum atomic E-state index is 12.8. The second-order valence-electron chi connectivity index (χ2n) is 11.2. The molecule has 31 heavy (non-hydrogen) atoms. The van der Waals surface area contributed by atoms with Crippen molar-refractivity contribution in [3.05, 3.63) is 30.1 Å². The first-order valence-corrected chi connectivity index (χ1v) is 12.2. The highest BCUT2D eigenvalue weighted by molar-refractivity contribution is 5.85. The molecule has 166 valence electrons. The zero-order valence-electron chi connectivity index (χ0n) is 18.4. The summed E-state index contributed by atoms with van der Waals surface area (Å²) in [6.45, 7) is 4.26. The van der Waals surface area contributed by atoms with Crippen molar-refractivity contribution in [3.8, 4) is 0 Å². The molecular formula is C25H34N4O2.